The second kappa shape index (κ2) is 6.23. The van der Waals surface area contributed by atoms with Crippen LogP contribution in [-0.2, 0) is 13.2 Å². The zero-order chi connectivity index (χ0) is 13.8. The average molecular weight is 346 g/mol. The lowest BCUT2D eigenvalue weighted by Gasteiger charge is -2.07. The molecule has 4 nitrogen and oxygen atoms in total. The third kappa shape index (κ3) is 3.59. The summed E-state index contributed by atoms with van der Waals surface area (Å²) in [6.45, 7) is -0.172. The summed E-state index contributed by atoms with van der Waals surface area (Å²) in [5.74, 6) is 0.270. The Hall–Kier alpha value is -1.30. The Bertz CT molecular complexity index is 639. The van der Waals surface area contributed by atoms with Gasteiger partial charge in [0, 0.05) is 21.1 Å². The maximum Gasteiger partial charge on any atom is 0.227 e. The van der Waals surface area contributed by atoms with Crippen LogP contribution in [0, 0.1) is 0 Å². The highest BCUT2D eigenvalue weighted by molar-refractivity contribution is 9.10. The molecule has 0 bridgehead atoms. The van der Waals surface area contributed by atoms with E-state index < -0.39 is 0 Å². The van der Waals surface area contributed by atoms with Gasteiger partial charge in [0.05, 0.1) is 0 Å². The zero-order valence-electron chi connectivity index (χ0n) is 9.73. The van der Waals surface area contributed by atoms with Crippen LogP contribution in [0.2, 0.25) is 5.02 Å². The van der Waals surface area contributed by atoms with Crippen molar-refractivity contribution in [3.05, 3.63) is 61.6 Å². The molecule has 2 aromatic rings. The van der Waals surface area contributed by atoms with E-state index in [1.165, 1.54) is 12.3 Å². The highest BCUT2D eigenvalue weighted by Gasteiger charge is 2.07. The molecule has 1 aromatic carbocycles. The Morgan fingerprint density at radius 1 is 1.37 bits per heavy atom. The van der Waals surface area contributed by atoms with Crippen molar-refractivity contribution < 1.29 is 14.3 Å². The highest BCUT2D eigenvalue weighted by Crippen LogP contribution is 2.22. The molecule has 0 aliphatic rings. The SMILES string of the molecule is O=c1cc(CO)occ1OCc1cc(Br)ccc1Cl. The van der Waals surface area contributed by atoms with Crippen LogP contribution < -0.4 is 10.2 Å². The normalized spacial score (nSPS) is 10.5. The lowest BCUT2D eigenvalue weighted by atomic mass is 10.2. The highest BCUT2D eigenvalue weighted by atomic mass is 79.9. The van der Waals surface area contributed by atoms with Gasteiger partial charge in [-0.05, 0) is 18.2 Å². The van der Waals surface area contributed by atoms with Gasteiger partial charge in [0.2, 0.25) is 11.2 Å². The predicted octanol–water partition coefficient (Wildman–Crippen LogP) is 3.13. The van der Waals surface area contributed by atoms with Gasteiger partial charge in [0.25, 0.3) is 0 Å². The number of hydrogen-bond donors (Lipinski definition) is 1. The second-order valence-electron chi connectivity index (χ2n) is 3.76. The van der Waals surface area contributed by atoms with Crippen LogP contribution in [0.1, 0.15) is 11.3 Å². The van der Waals surface area contributed by atoms with Gasteiger partial charge < -0.3 is 14.3 Å². The summed E-state index contributed by atoms with van der Waals surface area (Å²) in [5.41, 5.74) is 0.406. The third-order valence-corrected chi connectivity index (χ3v) is 3.26. The van der Waals surface area contributed by atoms with E-state index >= 15 is 0 Å². The van der Waals surface area contributed by atoms with Crippen LogP contribution >= 0.6 is 27.5 Å². The number of aliphatic hydroxyl groups excluding tert-OH is 1. The van der Waals surface area contributed by atoms with E-state index in [4.69, 9.17) is 25.9 Å². The smallest absolute Gasteiger partial charge is 0.227 e. The summed E-state index contributed by atoms with van der Waals surface area (Å²) in [5, 5.41) is 9.39. The number of ether oxygens (including phenoxy) is 1. The van der Waals surface area contributed by atoms with E-state index in [1.54, 1.807) is 6.07 Å². The van der Waals surface area contributed by atoms with E-state index in [0.29, 0.717) is 5.02 Å². The molecule has 0 atom stereocenters. The van der Waals surface area contributed by atoms with Gasteiger partial charge in [-0.3, -0.25) is 4.79 Å². The van der Waals surface area contributed by atoms with Crippen molar-refractivity contribution in [2.24, 2.45) is 0 Å². The third-order valence-electron chi connectivity index (χ3n) is 2.40. The summed E-state index contributed by atoms with van der Waals surface area (Å²) >= 11 is 9.35. The standard InChI is InChI=1S/C13H10BrClO4/c14-9-1-2-11(15)8(3-9)6-19-13-7-18-10(5-16)4-12(13)17/h1-4,7,16H,5-6H2. The molecule has 0 radical (unpaired) electrons. The minimum atomic E-state index is -0.346. The molecule has 1 aromatic heterocycles. The zero-order valence-corrected chi connectivity index (χ0v) is 12.1. The van der Waals surface area contributed by atoms with Crippen molar-refractivity contribution in [2.45, 2.75) is 13.2 Å². The van der Waals surface area contributed by atoms with E-state index in [1.807, 2.05) is 12.1 Å². The first-order chi connectivity index (χ1) is 9.10. The predicted molar refractivity (Wildman–Crippen MR) is 74.4 cm³/mol. The van der Waals surface area contributed by atoms with E-state index in [0.717, 1.165) is 10.0 Å². The van der Waals surface area contributed by atoms with Gasteiger partial charge in [-0.15, -0.1) is 0 Å². The fourth-order valence-electron chi connectivity index (χ4n) is 1.44. The van der Waals surface area contributed by atoms with Crippen molar-refractivity contribution in [3.63, 3.8) is 0 Å². The Morgan fingerprint density at radius 2 is 2.16 bits per heavy atom. The molecule has 1 heterocycles. The van der Waals surface area contributed by atoms with E-state index in [-0.39, 0.29) is 30.2 Å². The number of aliphatic hydroxyl groups is 1. The van der Waals surface area contributed by atoms with Crippen LogP contribution in [0.5, 0.6) is 5.75 Å². The van der Waals surface area contributed by atoms with Crippen LogP contribution in [0.15, 0.2) is 44.2 Å². The number of hydrogen-bond acceptors (Lipinski definition) is 4. The Labute approximate surface area is 122 Å². The molecule has 0 amide bonds. The Morgan fingerprint density at radius 3 is 2.84 bits per heavy atom. The molecule has 0 saturated heterocycles. The van der Waals surface area contributed by atoms with Gasteiger partial charge in [-0.25, -0.2) is 0 Å². The van der Waals surface area contributed by atoms with Gasteiger partial charge in [0.15, 0.2) is 0 Å². The van der Waals surface area contributed by atoms with Crippen LogP contribution in [0.25, 0.3) is 0 Å². The maximum absolute atomic E-state index is 11.6. The molecule has 6 heteroatoms. The van der Waals surface area contributed by atoms with E-state index in [9.17, 15) is 4.79 Å². The van der Waals surface area contributed by atoms with Crippen LogP contribution in [0.4, 0.5) is 0 Å². The summed E-state index contributed by atoms with van der Waals surface area (Å²) in [6.07, 6.45) is 1.18. The van der Waals surface area contributed by atoms with E-state index in [2.05, 4.69) is 15.9 Å². The Kier molecular flexibility index (Phi) is 4.63. The average Bonchev–Trinajstić information content (AvgIpc) is 2.40. The monoisotopic (exact) mass is 344 g/mol. The van der Waals surface area contributed by atoms with Crippen molar-refractivity contribution in [2.75, 3.05) is 0 Å². The van der Waals surface area contributed by atoms with Gasteiger partial charge in [-0.2, -0.15) is 0 Å². The minimum Gasteiger partial charge on any atom is -0.482 e. The summed E-state index contributed by atoms with van der Waals surface area (Å²) < 4.78 is 11.3. The topological polar surface area (TPSA) is 59.7 Å². The quantitative estimate of drug-likeness (QED) is 0.925. The second-order valence-corrected chi connectivity index (χ2v) is 5.08. The van der Waals surface area contributed by atoms with Crippen molar-refractivity contribution in [1.29, 1.82) is 0 Å². The minimum absolute atomic E-state index is 0.0771. The first-order valence-electron chi connectivity index (χ1n) is 5.39. The van der Waals surface area contributed by atoms with Crippen molar-refractivity contribution in [3.8, 4) is 5.75 Å². The first kappa shape index (κ1) is 14.1. The molecule has 0 aliphatic carbocycles. The molecule has 0 fully saturated rings. The fraction of sp³-hybridized carbons (Fsp3) is 0.154. The molecule has 0 unspecified atom stereocenters. The van der Waals surface area contributed by atoms with Crippen molar-refractivity contribution >= 4 is 27.5 Å². The largest absolute Gasteiger partial charge is 0.482 e. The molecule has 100 valence electrons. The summed E-state index contributed by atoms with van der Waals surface area (Å²) in [6, 6.07) is 6.56. The van der Waals surface area contributed by atoms with Crippen LogP contribution in [0.3, 0.4) is 0 Å². The first-order valence-corrected chi connectivity index (χ1v) is 6.56. The lowest BCUT2D eigenvalue weighted by Crippen LogP contribution is -2.08. The van der Waals surface area contributed by atoms with Crippen LogP contribution in [-0.4, -0.2) is 5.11 Å². The molecule has 0 aliphatic heterocycles. The molecular formula is C13H10BrClO4. The molecular weight excluding hydrogens is 335 g/mol. The molecule has 2 rings (SSSR count). The number of rotatable bonds is 4. The molecule has 19 heavy (non-hydrogen) atoms. The Balaban J connectivity index is 2.14. The number of halogens is 2. The lowest BCUT2D eigenvalue weighted by molar-refractivity contribution is 0.236. The fourth-order valence-corrected chi connectivity index (χ4v) is 2.02. The van der Waals surface area contributed by atoms with Gasteiger partial charge in [-0.1, -0.05) is 27.5 Å². The summed E-state index contributed by atoms with van der Waals surface area (Å²) in [7, 11) is 0. The van der Waals surface area contributed by atoms with Gasteiger partial charge >= 0.3 is 0 Å². The molecule has 0 spiro atoms. The summed E-state index contributed by atoms with van der Waals surface area (Å²) in [4.78, 5) is 11.6. The van der Waals surface area contributed by atoms with Gasteiger partial charge in [0.1, 0.15) is 25.2 Å². The molecule has 0 saturated carbocycles. The van der Waals surface area contributed by atoms with Crippen molar-refractivity contribution in [1.82, 2.24) is 0 Å². The molecule has 1 N–H and O–H groups in total. The maximum atomic E-state index is 11.6. The number of benzene rings is 1.